The average molecular weight is 430 g/mol. The molecule has 0 fully saturated rings. The number of halogens is 2. The molecule has 2 aliphatic rings. The summed E-state index contributed by atoms with van der Waals surface area (Å²) >= 11 is 6.04. The molecule has 30 heavy (non-hydrogen) atoms. The third-order valence-electron chi connectivity index (χ3n) is 4.88. The fourth-order valence-electron chi connectivity index (χ4n) is 3.47. The van der Waals surface area contributed by atoms with Crippen molar-refractivity contribution in [3.63, 3.8) is 0 Å². The summed E-state index contributed by atoms with van der Waals surface area (Å²) in [5, 5.41) is 5.62. The first-order chi connectivity index (χ1) is 14.3. The van der Waals surface area contributed by atoms with Crippen molar-refractivity contribution in [2.24, 2.45) is 0 Å². The van der Waals surface area contributed by atoms with Gasteiger partial charge in [0.25, 0.3) is 0 Å². The van der Waals surface area contributed by atoms with Crippen LogP contribution in [0.25, 0.3) is 0 Å². The second-order valence-corrected chi connectivity index (χ2v) is 7.43. The molecule has 0 aliphatic carbocycles. The Balaban J connectivity index is 1.60. The van der Waals surface area contributed by atoms with E-state index in [0.29, 0.717) is 21.8 Å². The SMILES string of the molecule is Cc1ccc(NC(=O)CN2C(=O)N[C@H](c3cccc(Cl)c3)C3=C2COC3=O)c(F)c1. The van der Waals surface area contributed by atoms with Crippen LogP contribution in [0.2, 0.25) is 5.02 Å². The van der Waals surface area contributed by atoms with Crippen LogP contribution >= 0.6 is 11.6 Å². The van der Waals surface area contributed by atoms with Gasteiger partial charge in [0.2, 0.25) is 5.91 Å². The third kappa shape index (κ3) is 3.73. The molecule has 0 bridgehead atoms. The number of esters is 1. The van der Waals surface area contributed by atoms with Crippen molar-refractivity contribution >= 4 is 35.2 Å². The number of aryl methyl sites for hydroxylation is 1. The Morgan fingerprint density at radius 3 is 2.83 bits per heavy atom. The van der Waals surface area contributed by atoms with E-state index in [9.17, 15) is 18.8 Å². The Labute approximate surface area is 176 Å². The van der Waals surface area contributed by atoms with Crippen molar-refractivity contribution in [1.29, 1.82) is 0 Å². The highest BCUT2D eigenvalue weighted by Gasteiger charge is 2.42. The van der Waals surface area contributed by atoms with Crippen molar-refractivity contribution in [1.82, 2.24) is 10.2 Å². The molecule has 2 aromatic rings. The van der Waals surface area contributed by atoms with Crippen molar-refractivity contribution in [3.8, 4) is 0 Å². The zero-order valence-corrected chi connectivity index (χ0v) is 16.6. The smallest absolute Gasteiger partial charge is 0.338 e. The van der Waals surface area contributed by atoms with Gasteiger partial charge in [0, 0.05) is 5.02 Å². The minimum atomic E-state index is -0.741. The molecule has 2 aliphatic heterocycles. The largest absolute Gasteiger partial charge is 0.456 e. The van der Waals surface area contributed by atoms with Crippen molar-refractivity contribution in [3.05, 3.63) is 75.7 Å². The Bertz CT molecular complexity index is 1100. The molecule has 0 saturated heterocycles. The quantitative estimate of drug-likeness (QED) is 0.730. The first-order valence-electron chi connectivity index (χ1n) is 9.13. The average Bonchev–Trinajstić information content (AvgIpc) is 3.08. The number of cyclic esters (lactones) is 1. The molecular formula is C21H17ClFN3O4. The predicted octanol–water partition coefficient (Wildman–Crippen LogP) is 3.30. The van der Waals surface area contributed by atoms with E-state index < -0.39 is 36.3 Å². The molecule has 0 radical (unpaired) electrons. The Hall–Kier alpha value is -3.39. The molecule has 3 amide bonds. The molecule has 2 N–H and O–H groups in total. The zero-order chi connectivity index (χ0) is 21.4. The lowest BCUT2D eigenvalue weighted by Crippen LogP contribution is -2.49. The van der Waals surface area contributed by atoms with Gasteiger partial charge in [0.15, 0.2) is 0 Å². The number of hydrogen-bond donors (Lipinski definition) is 2. The second-order valence-electron chi connectivity index (χ2n) is 6.99. The minimum Gasteiger partial charge on any atom is -0.456 e. The molecule has 0 aromatic heterocycles. The molecule has 1 atom stereocenters. The van der Waals surface area contributed by atoms with Gasteiger partial charge in [-0.05, 0) is 42.3 Å². The molecule has 0 saturated carbocycles. The van der Waals surface area contributed by atoms with Crippen molar-refractivity contribution < 1.29 is 23.5 Å². The standard InChI is InChI=1S/C21H17ClFN3O4/c1-11-5-6-15(14(23)7-11)24-17(27)9-26-16-10-30-20(28)18(16)19(25-21(26)29)12-3-2-4-13(22)8-12/h2-8,19H,9-10H2,1H3,(H,24,27)(H,25,29)/t19-/m1/s1. The summed E-state index contributed by atoms with van der Waals surface area (Å²) < 4.78 is 19.1. The lowest BCUT2D eigenvalue weighted by Gasteiger charge is -2.32. The highest BCUT2D eigenvalue weighted by atomic mass is 35.5. The molecule has 7 nitrogen and oxygen atoms in total. The number of urea groups is 1. The van der Waals surface area contributed by atoms with E-state index in [0.717, 1.165) is 4.90 Å². The van der Waals surface area contributed by atoms with E-state index in [2.05, 4.69) is 10.6 Å². The summed E-state index contributed by atoms with van der Waals surface area (Å²) in [5.74, 6) is -1.77. The van der Waals surface area contributed by atoms with Gasteiger partial charge < -0.3 is 15.4 Å². The van der Waals surface area contributed by atoms with Crippen LogP contribution in [0.3, 0.4) is 0 Å². The lowest BCUT2D eigenvalue weighted by atomic mass is 9.96. The Kier molecular flexibility index (Phi) is 5.17. The third-order valence-corrected chi connectivity index (χ3v) is 5.12. The van der Waals surface area contributed by atoms with Gasteiger partial charge in [0.1, 0.15) is 19.0 Å². The number of nitrogens with zero attached hydrogens (tertiary/aromatic N) is 1. The van der Waals surface area contributed by atoms with Gasteiger partial charge in [-0.2, -0.15) is 0 Å². The molecule has 0 spiro atoms. The Morgan fingerprint density at radius 1 is 1.30 bits per heavy atom. The molecule has 2 heterocycles. The number of carbonyl (C=O) groups is 3. The van der Waals surface area contributed by atoms with Gasteiger partial charge in [-0.25, -0.2) is 14.0 Å². The van der Waals surface area contributed by atoms with Gasteiger partial charge in [-0.15, -0.1) is 0 Å². The molecule has 2 aromatic carbocycles. The number of rotatable bonds is 4. The number of carbonyl (C=O) groups excluding carboxylic acids is 3. The van der Waals surface area contributed by atoms with Crippen LogP contribution in [-0.2, 0) is 14.3 Å². The fraction of sp³-hybridized carbons (Fsp3) is 0.190. The lowest BCUT2D eigenvalue weighted by molar-refractivity contribution is -0.136. The van der Waals surface area contributed by atoms with Crippen LogP contribution < -0.4 is 10.6 Å². The van der Waals surface area contributed by atoms with E-state index in [1.165, 1.54) is 12.1 Å². The monoisotopic (exact) mass is 429 g/mol. The molecular weight excluding hydrogens is 413 g/mol. The van der Waals surface area contributed by atoms with Gasteiger partial charge in [0.05, 0.1) is 23.0 Å². The number of ether oxygens (including phenoxy) is 1. The summed E-state index contributed by atoms with van der Waals surface area (Å²) in [7, 11) is 0. The first-order valence-corrected chi connectivity index (χ1v) is 9.51. The predicted molar refractivity (Wildman–Crippen MR) is 107 cm³/mol. The highest BCUT2D eigenvalue weighted by Crippen LogP contribution is 2.35. The minimum absolute atomic E-state index is 0.00720. The van der Waals surface area contributed by atoms with Crippen LogP contribution in [0.4, 0.5) is 14.9 Å². The molecule has 154 valence electrons. The number of nitrogens with one attached hydrogen (secondary N) is 2. The summed E-state index contributed by atoms with van der Waals surface area (Å²) in [4.78, 5) is 38.7. The molecule has 4 rings (SSSR count). The van der Waals surface area contributed by atoms with Crippen LogP contribution in [0.15, 0.2) is 53.7 Å². The van der Waals surface area contributed by atoms with Gasteiger partial charge in [-0.3, -0.25) is 9.69 Å². The maximum Gasteiger partial charge on any atom is 0.338 e. The number of hydrogen-bond acceptors (Lipinski definition) is 4. The number of anilines is 1. The van der Waals surface area contributed by atoms with Crippen LogP contribution in [0, 0.1) is 12.7 Å². The number of amides is 3. The van der Waals surface area contributed by atoms with Crippen molar-refractivity contribution in [2.75, 3.05) is 18.5 Å². The molecule has 0 unspecified atom stereocenters. The van der Waals surface area contributed by atoms with Gasteiger partial charge >= 0.3 is 12.0 Å². The highest BCUT2D eigenvalue weighted by molar-refractivity contribution is 6.30. The van der Waals surface area contributed by atoms with E-state index >= 15 is 0 Å². The normalized spacial score (nSPS) is 18.1. The maximum atomic E-state index is 14.0. The van der Waals surface area contributed by atoms with E-state index in [4.69, 9.17) is 16.3 Å². The second kappa shape index (κ2) is 7.79. The number of benzene rings is 2. The summed E-state index contributed by atoms with van der Waals surface area (Å²) in [6, 6.07) is 9.85. The maximum absolute atomic E-state index is 14.0. The Morgan fingerprint density at radius 2 is 2.10 bits per heavy atom. The zero-order valence-electron chi connectivity index (χ0n) is 15.9. The first kappa shape index (κ1) is 19.9. The van der Waals surface area contributed by atoms with Crippen molar-refractivity contribution in [2.45, 2.75) is 13.0 Å². The summed E-state index contributed by atoms with van der Waals surface area (Å²) in [5.41, 5.74) is 1.88. The van der Waals surface area contributed by atoms with E-state index in [1.807, 2.05) is 0 Å². The van der Waals surface area contributed by atoms with Gasteiger partial charge in [-0.1, -0.05) is 29.8 Å². The van der Waals surface area contributed by atoms with E-state index in [-0.39, 0.29) is 17.9 Å². The summed E-state index contributed by atoms with van der Waals surface area (Å²) in [6.07, 6.45) is 0. The van der Waals surface area contributed by atoms with E-state index in [1.54, 1.807) is 37.3 Å². The van der Waals surface area contributed by atoms with Crippen LogP contribution in [0.1, 0.15) is 17.2 Å². The van der Waals surface area contributed by atoms with Crippen LogP contribution in [-0.4, -0.2) is 36.0 Å². The topological polar surface area (TPSA) is 87.7 Å². The molecule has 9 heteroatoms. The van der Waals surface area contributed by atoms with Crippen LogP contribution in [0.5, 0.6) is 0 Å². The fourth-order valence-corrected chi connectivity index (χ4v) is 3.67. The summed E-state index contributed by atoms with van der Waals surface area (Å²) in [6.45, 7) is 1.19.